The maximum atomic E-state index is 5.17. The molecular weight excluding hydrogens is 685 g/mol. The maximum Gasteiger partial charge on any atom is 0.170 e. The third-order valence-corrected chi connectivity index (χ3v) is 14.3. The van der Waals surface area contributed by atoms with E-state index in [0.717, 1.165) is 50.4 Å². The van der Waals surface area contributed by atoms with Crippen molar-refractivity contribution < 1.29 is 0 Å². The largest absolute Gasteiger partial charge is 0.325 e. The average molecular weight is 727 g/mol. The molecular formula is C50H42N6. The SMILES string of the molecule is c1ccc2c(c1)-c1ccccc1C21c2cncc(c2)N2CN(C3=C2CCCC3)C2(c3ccccc3-c3ccccc32)N2CN(C3=C2CCCC3)c2cncc1c2. The fraction of sp³-hybridized carbons (Fsp3) is 0.240. The van der Waals surface area contributed by atoms with Gasteiger partial charge in [0, 0.05) is 46.3 Å². The first-order valence-electron chi connectivity index (χ1n) is 20.6. The minimum atomic E-state index is -0.583. The first kappa shape index (κ1) is 31.1. The molecule has 6 heteroatoms. The van der Waals surface area contributed by atoms with E-state index >= 15 is 0 Å². The lowest BCUT2D eigenvalue weighted by atomic mass is 9.68. The van der Waals surface area contributed by atoms with E-state index in [0.29, 0.717) is 0 Å². The summed E-state index contributed by atoms with van der Waals surface area (Å²) >= 11 is 0. The van der Waals surface area contributed by atoms with E-state index in [1.54, 1.807) is 0 Å². The molecule has 0 amide bonds. The maximum absolute atomic E-state index is 5.17. The van der Waals surface area contributed by atoms with Crippen molar-refractivity contribution in [2.75, 3.05) is 23.1 Å². The molecule has 7 aliphatic rings. The second-order valence-electron chi connectivity index (χ2n) is 16.7. The van der Waals surface area contributed by atoms with Crippen LogP contribution in [-0.4, -0.2) is 33.1 Å². The van der Waals surface area contributed by atoms with Gasteiger partial charge in [0.15, 0.2) is 5.66 Å². The van der Waals surface area contributed by atoms with Gasteiger partial charge in [0.05, 0.1) is 42.5 Å². The summed E-state index contributed by atoms with van der Waals surface area (Å²) in [6.07, 6.45) is 17.6. The second kappa shape index (κ2) is 11.2. The molecule has 8 bridgehead atoms. The van der Waals surface area contributed by atoms with E-state index in [2.05, 4.69) is 154 Å². The Balaban J connectivity index is 1.15. The number of hydrogen-bond acceptors (Lipinski definition) is 6. The van der Waals surface area contributed by atoms with E-state index in [-0.39, 0.29) is 0 Å². The number of anilines is 2. The van der Waals surface area contributed by atoms with Crippen molar-refractivity contribution in [1.29, 1.82) is 0 Å². The molecule has 4 aliphatic carbocycles. The minimum Gasteiger partial charge on any atom is -0.325 e. The van der Waals surface area contributed by atoms with Gasteiger partial charge in [-0.3, -0.25) is 9.97 Å². The Hall–Kier alpha value is -6.14. The zero-order chi connectivity index (χ0) is 36.6. The van der Waals surface area contributed by atoms with Crippen LogP contribution in [0.4, 0.5) is 11.4 Å². The van der Waals surface area contributed by atoms with Crippen molar-refractivity contribution in [3.8, 4) is 22.3 Å². The van der Waals surface area contributed by atoms with E-state index in [1.807, 2.05) is 0 Å². The summed E-state index contributed by atoms with van der Waals surface area (Å²) in [6.45, 7) is 1.54. The van der Waals surface area contributed by atoms with Crippen molar-refractivity contribution in [1.82, 2.24) is 19.8 Å². The number of benzene rings is 4. The standard InChI is InChI=1S/C50H42N6/c1-5-17-41-37(13-1)38-14-2-6-18-42(38)49(41)33-25-35(29-51-27-33)53-31-55(47-23-11-9-21-45(47)53)50(43-19-7-3-15-39(43)40-16-4-8-20-44(40)50)56-32-54(36-26-34(49)28-52-30-36)46-22-10-12-24-48(46)56/h1-8,13-20,25-30H,9-12,21-24,31-32H2. The molecule has 0 N–H and O–H groups in total. The van der Waals surface area contributed by atoms with Crippen molar-refractivity contribution in [2.45, 2.75) is 62.4 Å². The van der Waals surface area contributed by atoms with Gasteiger partial charge in [-0.15, -0.1) is 0 Å². The highest BCUT2D eigenvalue weighted by atomic mass is 15.5. The fourth-order valence-corrected chi connectivity index (χ4v) is 12.1. The third kappa shape index (κ3) is 3.73. The van der Waals surface area contributed by atoms with Gasteiger partial charge in [0.25, 0.3) is 0 Å². The molecule has 0 fully saturated rings. The number of aromatic nitrogens is 2. The van der Waals surface area contributed by atoms with Gasteiger partial charge in [0.2, 0.25) is 0 Å². The molecule has 4 aromatic carbocycles. The lowest BCUT2D eigenvalue weighted by Crippen LogP contribution is -2.57. The monoisotopic (exact) mass is 726 g/mol. The molecule has 5 heterocycles. The van der Waals surface area contributed by atoms with Crippen LogP contribution in [-0.2, 0) is 11.1 Å². The third-order valence-electron chi connectivity index (χ3n) is 14.3. The summed E-state index contributed by atoms with van der Waals surface area (Å²) in [7, 11) is 0. The first-order valence-corrected chi connectivity index (χ1v) is 20.6. The van der Waals surface area contributed by atoms with Crippen molar-refractivity contribution in [3.05, 3.63) is 190 Å². The van der Waals surface area contributed by atoms with Crippen LogP contribution in [0.3, 0.4) is 0 Å². The first-order chi connectivity index (χ1) is 27.8. The number of pyridine rings is 2. The predicted octanol–water partition coefficient (Wildman–Crippen LogP) is 10.5. The van der Waals surface area contributed by atoms with Crippen LogP contribution in [0.25, 0.3) is 22.3 Å². The fourth-order valence-electron chi connectivity index (χ4n) is 12.1. The van der Waals surface area contributed by atoms with Crippen molar-refractivity contribution >= 4 is 11.4 Å². The van der Waals surface area contributed by atoms with Gasteiger partial charge in [-0.2, -0.15) is 0 Å². The lowest BCUT2D eigenvalue weighted by Gasteiger charge is -2.51. The minimum absolute atomic E-state index is 0.517. The van der Waals surface area contributed by atoms with E-state index < -0.39 is 11.1 Å². The molecule has 0 unspecified atom stereocenters. The Labute approximate surface area is 328 Å². The summed E-state index contributed by atoms with van der Waals surface area (Å²) in [5.74, 6) is 0. The topological polar surface area (TPSA) is 38.7 Å². The highest BCUT2D eigenvalue weighted by Crippen LogP contribution is 2.61. The van der Waals surface area contributed by atoms with Crippen LogP contribution in [0.5, 0.6) is 0 Å². The molecule has 56 heavy (non-hydrogen) atoms. The van der Waals surface area contributed by atoms with Crippen LogP contribution < -0.4 is 9.80 Å². The summed E-state index contributed by atoms with van der Waals surface area (Å²) < 4.78 is 0. The Morgan fingerprint density at radius 2 is 0.786 bits per heavy atom. The Morgan fingerprint density at radius 3 is 1.23 bits per heavy atom. The van der Waals surface area contributed by atoms with Crippen molar-refractivity contribution in [2.24, 2.45) is 0 Å². The highest BCUT2D eigenvalue weighted by Gasteiger charge is 2.58. The number of allylic oxidation sites excluding steroid dienone is 4. The van der Waals surface area contributed by atoms with Gasteiger partial charge in [0.1, 0.15) is 0 Å². The van der Waals surface area contributed by atoms with Crippen LogP contribution >= 0.6 is 0 Å². The van der Waals surface area contributed by atoms with Crippen molar-refractivity contribution in [3.63, 3.8) is 0 Å². The smallest absolute Gasteiger partial charge is 0.170 e. The van der Waals surface area contributed by atoms with Gasteiger partial charge < -0.3 is 19.6 Å². The molecule has 6 nitrogen and oxygen atoms in total. The zero-order valence-corrected chi connectivity index (χ0v) is 31.5. The molecule has 2 aromatic heterocycles. The molecule has 6 aromatic rings. The molecule has 13 rings (SSSR count). The molecule has 0 atom stereocenters. The Kier molecular flexibility index (Phi) is 6.23. The number of nitrogens with zero attached hydrogens (tertiary/aromatic N) is 6. The normalized spacial score (nSPS) is 20.1. The highest BCUT2D eigenvalue weighted by molar-refractivity contribution is 5.87. The molecule has 272 valence electrons. The molecule has 0 saturated carbocycles. The summed E-state index contributed by atoms with van der Waals surface area (Å²) in [5.41, 5.74) is 20.2. The molecule has 2 spiro atoms. The molecule has 3 aliphatic heterocycles. The molecule has 0 saturated heterocycles. The van der Waals surface area contributed by atoms with Gasteiger partial charge in [-0.25, -0.2) is 0 Å². The van der Waals surface area contributed by atoms with E-state index in [9.17, 15) is 0 Å². The number of hydrogen-bond donors (Lipinski definition) is 0. The predicted molar refractivity (Wildman–Crippen MR) is 221 cm³/mol. The van der Waals surface area contributed by atoms with Crippen LogP contribution in [0.15, 0.2) is 157 Å². The van der Waals surface area contributed by atoms with Gasteiger partial charge >= 0.3 is 0 Å². The summed E-state index contributed by atoms with van der Waals surface area (Å²) in [5, 5.41) is 0. The second-order valence-corrected chi connectivity index (χ2v) is 16.7. The lowest BCUT2D eigenvalue weighted by molar-refractivity contribution is 0.0264. The number of fused-ring (bicyclic) bond motifs is 28. The average Bonchev–Trinajstić information content (AvgIpc) is 4.01. The Morgan fingerprint density at radius 1 is 0.411 bits per heavy atom. The number of rotatable bonds is 0. The quantitative estimate of drug-likeness (QED) is 0.155. The summed E-state index contributed by atoms with van der Waals surface area (Å²) in [6, 6.07) is 41.6. The summed E-state index contributed by atoms with van der Waals surface area (Å²) in [4.78, 5) is 21.3. The van der Waals surface area contributed by atoms with Gasteiger partial charge in [-0.1, -0.05) is 97.1 Å². The van der Waals surface area contributed by atoms with E-state index in [4.69, 9.17) is 9.97 Å². The van der Waals surface area contributed by atoms with E-state index in [1.165, 1.54) is 104 Å². The van der Waals surface area contributed by atoms with Crippen LogP contribution in [0, 0.1) is 0 Å². The molecule has 0 radical (unpaired) electrons. The van der Waals surface area contributed by atoms with Crippen LogP contribution in [0.1, 0.15) is 84.7 Å². The van der Waals surface area contributed by atoms with Crippen LogP contribution in [0.2, 0.25) is 0 Å². The van der Waals surface area contributed by atoms with Gasteiger partial charge in [-0.05, 0) is 108 Å². The Bertz CT molecular complexity index is 2540. The zero-order valence-electron chi connectivity index (χ0n) is 31.5.